The Balaban J connectivity index is 2.47. The lowest BCUT2D eigenvalue weighted by Gasteiger charge is -2.16. The molecule has 134 valence electrons. The maximum Gasteiger partial charge on any atom is 0.271 e. The number of aryl methyl sites for hydroxylation is 1. The lowest BCUT2D eigenvalue weighted by atomic mass is 10.0. The van der Waals surface area contributed by atoms with Crippen LogP contribution in [0.4, 0.5) is 11.5 Å². The maximum atomic E-state index is 11.8. The van der Waals surface area contributed by atoms with Crippen molar-refractivity contribution in [2.45, 2.75) is 46.0 Å². The number of hydrogen-bond donors (Lipinski definition) is 3. The monoisotopic (exact) mass is 341 g/mol. The Labute approximate surface area is 149 Å². The number of primary amides is 1. The molecular formula is C19H27N5O. The first-order valence-corrected chi connectivity index (χ1v) is 8.65. The summed E-state index contributed by atoms with van der Waals surface area (Å²) in [6, 6.07) is 7.91. The van der Waals surface area contributed by atoms with Crippen LogP contribution in [0.15, 0.2) is 24.3 Å². The molecule has 2 rings (SSSR count). The smallest absolute Gasteiger partial charge is 0.271 e. The highest BCUT2D eigenvalue weighted by Gasteiger charge is 2.18. The van der Waals surface area contributed by atoms with Crippen LogP contribution in [-0.4, -0.2) is 22.4 Å². The van der Waals surface area contributed by atoms with E-state index in [0.717, 1.165) is 22.6 Å². The molecule has 0 fully saturated rings. The summed E-state index contributed by atoms with van der Waals surface area (Å²) in [6.45, 7) is 8.74. The maximum absolute atomic E-state index is 11.8. The number of amides is 1. The third kappa shape index (κ3) is 4.33. The number of hydrogen-bond acceptors (Lipinski definition) is 5. The number of nitrogens with zero attached hydrogens (tertiary/aromatic N) is 2. The van der Waals surface area contributed by atoms with Gasteiger partial charge in [0.1, 0.15) is 0 Å². The standard InChI is InChI=1S/C19H27N5O/c1-5-15-16(11(2)3)24-19(17(23-15)18(21)25)22-14-8-6-7-13(9-14)12(4)10-20/h6-9,11-12H,5,10,20H2,1-4H3,(H2,21,25)(H,22,24)/t12-/m0/s1. The fourth-order valence-electron chi connectivity index (χ4n) is 2.66. The third-order valence-corrected chi connectivity index (χ3v) is 4.19. The first-order valence-electron chi connectivity index (χ1n) is 8.65. The van der Waals surface area contributed by atoms with Crippen LogP contribution in [0.2, 0.25) is 0 Å². The zero-order valence-electron chi connectivity index (χ0n) is 15.3. The Morgan fingerprint density at radius 1 is 1.24 bits per heavy atom. The Bertz CT molecular complexity index is 757. The summed E-state index contributed by atoms with van der Waals surface area (Å²) >= 11 is 0. The fourth-order valence-corrected chi connectivity index (χ4v) is 2.66. The van der Waals surface area contributed by atoms with Crippen molar-refractivity contribution in [2.24, 2.45) is 11.5 Å². The van der Waals surface area contributed by atoms with Gasteiger partial charge in [-0.25, -0.2) is 9.97 Å². The Hall–Kier alpha value is -2.47. The van der Waals surface area contributed by atoms with E-state index >= 15 is 0 Å². The van der Waals surface area contributed by atoms with Crippen LogP contribution in [0, 0.1) is 0 Å². The lowest BCUT2D eigenvalue weighted by molar-refractivity contribution is 0.0996. The molecule has 0 aliphatic heterocycles. The molecule has 25 heavy (non-hydrogen) atoms. The van der Waals surface area contributed by atoms with Crippen LogP contribution < -0.4 is 16.8 Å². The minimum atomic E-state index is -0.591. The van der Waals surface area contributed by atoms with Crippen molar-refractivity contribution in [3.8, 4) is 0 Å². The van der Waals surface area contributed by atoms with Crippen molar-refractivity contribution < 1.29 is 4.79 Å². The van der Waals surface area contributed by atoms with Crippen LogP contribution in [0.1, 0.15) is 67.0 Å². The molecule has 0 unspecified atom stereocenters. The van der Waals surface area contributed by atoms with Crippen LogP contribution in [-0.2, 0) is 6.42 Å². The van der Waals surface area contributed by atoms with E-state index in [1.807, 2.05) is 31.2 Å². The van der Waals surface area contributed by atoms with Gasteiger partial charge in [-0.05, 0) is 42.5 Å². The summed E-state index contributed by atoms with van der Waals surface area (Å²) in [4.78, 5) is 21.0. The molecule has 1 atom stereocenters. The number of nitrogens with two attached hydrogens (primary N) is 2. The van der Waals surface area contributed by atoms with Crippen LogP contribution in [0.5, 0.6) is 0 Å². The summed E-state index contributed by atoms with van der Waals surface area (Å²) in [7, 11) is 0. The van der Waals surface area contributed by atoms with Gasteiger partial charge in [0.2, 0.25) is 0 Å². The van der Waals surface area contributed by atoms with Gasteiger partial charge in [0, 0.05) is 5.69 Å². The van der Waals surface area contributed by atoms with Crippen LogP contribution >= 0.6 is 0 Å². The Kier molecular flexibility index (Phi) is 6.09. The van der Waals surface area contributed by atoms with Gasteiger partial charge in [-0.15, -0.1) is 0 Å². The Morgan fingerprint density at radius 2 is 1.96 bits per heavy atom. The molecule has 0 saturated carbocycles. The number of carbonyl (C=O) groups is 1. The van der Waals surface area contributed by atoms with E-state index in [1.54, 1.807) is 0 Å². The minimum absolute atomic E-state index is 0.165. The second kappa shape index (κ2) is 8.07. The lowest BCUT2D eigenvalue weighted by Crippen LogP contribution is -2.19. The van der Waals surface area contributed by atoms with Gasteiger partial charge in [0.15, 0.2) is 11.5 Å². The van der Waals surface area contributed by atoms with E-state index in [9.17, 15) is 4.79 Å². The molecule has 1 amide bonds. The summed E-state index contributed by atoms with van der Waals surface area (Å²) < 4.78 is 0. The molecule has 1 heterocycles. The topological polar surface area (TPSA) is 107 Å². The molecule has 0 radical (unpaired) electrons. The van der Waals surface area contributed by atoms with Crippen molar-refractivity contribution in [1.29, 1.82) is 0 Å². The molecule has 5 N–H and O–H groups in total. The van der Waals surface area contributed by atoms with Gasteiger partial charge >= 0.3 is 0 Å². The highest BCUT2D eigenvalue weighted by molar-refractivity contribution is 5.96. The molecule has 0 aliphatic carbocycles. The van der Waals surface area contributed by atoms with Gasteiger partial charge in [0.25, 0.3) is 5.91 Å². The number of carbonyl (C=O) groups excluding carboxylic acids is 1. The molecule has 0 bridgehead atoms. The van der Waals surface area contributed by atoms with Gasteiger partial charge in [-0.1, -0.05) is 39.8 Å². The second-order valence-electron chi connectivity index (χ2n) is 6.51. The van der Waals surface area contributed by atoms with E-state index in [2.05, 4.69) is 36.1 Å². The summed E-state index contributed by atoms with van der Waals surface area (Å²) in [5, 5.41) is 3.20. The number of benzene rings is 1. The van der Waals surface area contributed by atoms with E-state index in [-0.39, 0.29) is 17.5 Å². The van der Waals surface area contributed by atoms with Crippen molar-refractivity contribution in [3.05, 3.63) is 46.9 Å². The molecule has 0 spiro atoms. The predicted octanol–water partition coefficient (Wildman–Crippen LogP) is 3.07. The van der Waals surface area contributed by atoms with Crippen LogP contribution in [0.25, 0.3) is 0 Å². The average molecular weight is 341 g/mol. The zero-order valence-corrected chi connectivity index (χ0v) is 15.3. The quantitative estimate of drug-likeness (QED) is 0.717. The number of anilines is 2. The largest absolute Gasteiger partial charge is 0.364 e. The first-order chi connectivity index (χ1) is 11.9. The molecule has 6 heteroatoms. The molecule has 1 aromatic heterocycles. The second-order valence-corrected chi connectivity index (χ2v) is 6.51. The minimum Gasteiger partial charge on any atom is -0.364 e. The van der Waals surface area contributed by atoms with Gasteiger partial charge < -0.3 is 16.8 Å². The highest BCUT2D eigenvalue weighted by Crippen LogP contribution is 2.25. The van der Waals surface area contributed by atoms with Crippen molar-refractivity contribution >= 4 is 17.4 Å². The van der Waals surface area contributed by atoms with E-state index in [0.29, 0.717) is 18.8 Å². The average Bonchev–Trinajstić information content (AvgIpc) is 2.60. The van der Waals surface area contributed by atoms with Gasteiger partial charge in [0.05, 0.1) is 11.4 Å². The zero-order chi connectivity index (χ0) is 18.6. The summed E-state index contributed by atoms with van der Waals surface area (Å²) in [5.74, 6) is 0.253. The van der Waals surface area contributed by atoms with Crippen LogP contribution in [0.3, 0.4) is 0 Å². The number of nitrogens with one attached hydrogen (secondary N) is 1. The summed E-state index contributed by atoms with van der Waals surface area (Å²) in [5.41, 5.74) is 15.1. The summed E-state index contributed by atoms with van der Waals surface area (Å²) in [6.07, 6.45) is 0.699. The van der Waals surface area contributed by atoms with E-state index < -0.39 is 5.91 Å². The van der Waals surface area contributed by atoms with Gasteiger partial charge in [-0.3, -0.25) is 4.79 Å². The van der Waals surface area contributed by atoms with Crippen molar-refractivity contribution in [1.82, 2.24) is 9.97 Å². The third-order valence-electron chi connectivity index (χ3n) is 4.19. The molecule has 2 aromatic rings. The molecule has 0 saturated heterocycles. The highest BCUT2D eigenvalue weighted by atomic mass is 16.1. The van der Waals surface area contributed by atoms with E-state index in [1.165, 1.54) is 0 Å². The SMILES string of the molecule is CCc1nc(C(N)=O)c(Nc2cccc([C@@H](C)CN)c2)nc1C(C)C. The molecule has 0 aliphatic rings. The number of aromatic nitrogens is 2. The fraction of sp³-hybridized carbons (Fsp3) is 0.421. The van der Waals surface area contributed by atoms with Crippen molar-refractivity contribution in [2.75, 3.05) is 11.9 Å². The van der Waals surface area contributed by atoms with E-state index in [4.69, 9.17) is 11.5 Å². The first kappa shape index (κ1) is 18.9. The normalized spacial score (nSPS) is 12.2. The number of rotatable bonds is 7. The molecule has 6 nitrogen and oxygen atoms in total. The van der Waals surface area contributed by atoms with Crippen molar-refractivity contribution in [3.63, 3.8) is 0 Å². The molecule has 1 aromatic carbocycles. The Morgan fingerprint density at radius 3 is 2.52 bits per heavy atom. The predicted molar refractivity (Wildman–Crippen MR) is 101 cm³/mol. The molecular weight excluding hydrogens is 314 g/mol. The van der Waals surface area contributed by atoms with Gasteiger partial charge in [-0.2, -0.15) is 0 Å².